The van der Waals surface area contributed by atoms with Crippen LogP contribution < -0.4 is 34.3 Å². The first kappa shape index (κ1) is 13.9. The van der Waals surface area contributed by atoms with Crippen LogP contribution in [-0.2, 0) is 10.3 Å². The second kappa shape index (κ2) is 5.09. The van der Waals surface area contributed by atoms with E-state index in [9.17, 15) is 17.4 Å². The summed E-state index contributed by atoms with van der Waals surface area (Å²) in [5, 5.41) is 0. The molecule has 0 fully saturated rings. The second-order valence-electron chi connectivity index (χ2n) is 2.52. The molecule has 0 atom stereocenters. The zero-order valence-corrected chi connectivity index (χ0v) is 10.6. The van der Waals surface area contributed by atoms with Crippen LogP contribution in [0.3, 0.4) is 0 Å². The summed E-state index contributed by atoms with van der Waals surface area (Å²) in [6, 6.07) is 3.40. The van der Waals surface area contributed by atoms with Crippen molar-refractivity contribution in [1.82, 2.24) is 0 Å². The molecule has 0 radical (unpaired) electrons. The van der Waals surface area contributed by atoms with Crippen LogP contribution in [0.5, 0.6) is 0 Å². The van der Waals surface area contributed by atoms with Gasteiger partial charge in [0.05, 0.1) is 5.69 Å². The van der Waals surface area contributed by atoms with Gasteiger partial charge >= 0.3 is 29.6 Å². The molecule has 0 amide bonds. The minimum absolute atomic E-state index is 0. The fraction of sp³-hybridized carbons (Fsp3) is 0.143. The van der Waals surface area contributed by atoms with E-state index in [2.05, 4.69) is 0 Å². The third kappa shape index (κ3) is 4.39. The minimum atomic E-state index is -4.53. The van der Waals surface area contributed by atoms with Crippen molar-refractivity contribution < 1.29 is 46.9 Å². The Balaban J connectivity index is 0.00000169. The molecule has 0 heterocycles. The van der Waals surface area contributed by atoms with Crippen molar-refractivity contribution in [1.29, 1.82) is 0 Å². The van der Waals surface area contributed by atoms with Crippen molar-refractivity contribution in [2.24, 2.45) is 0 Å². The van der Waals surface area contributed by atoms with Crippen molar-refractivity contribution in [3.8, 4) is 0 Å². The van der Waals surface area contributed by atoms with Gasteiger partial charge < -0.3 is 4.55 Å². The molecule has 0 aliphatic rings. The number of hydrogen-bond donors (Lipinski definition) is 1. The van der Waals surface area contributed by atoms with Gasteiger partial charge in [-0.25, -0.2) is 12.8 Å². The number of aryl methyl sites for hydroxylation is 1. The number of nitrogens with one attached hydrogen (secondary N) is 1. The molecule has 14 heavy (non-hydrogen) atoms. The molecular weight excluding hydrogens is 220 g/mol. The number of rotatable bonds is 2. The summed E-state index contributed by atoms with van der Waals surface area (Å²) in [7, 11) is -4.53. The summed E-state index contributed by atoms with van der Waals surface area (Å²) < 4.78 is 45.1. The number of hydrogen-bond acceptors (Lipinski definition) is 3. The van der Waals surface area contributed by atoms with E-state index in [0.29, 0.717) is 5.56 Å². The zero-order chi connectivity index (χ0) is 10.1. The van der Waals surface area contributed by atoms with Gasteiger partial charge in [0, 0.05) is 0 Å². The minimum Gasteiger partial charge on any atom is -0.731 e. The largest absolute Gasteiger partial charge is 1.00 e. The Kier molecular flexibility index (Phi) is 5.03. The van der Waals surface area contributed by atoms with E-state index in [1.54, 1.807) is 4.72 Å². The molecule has 0 bridgehead atoms. The number of benzene rings is 1. The topological polar surface area (TPSA) is 69.2 Å². The quantitative estimate of drug-likeness (QED) is 0.470. The first-order valence-corrected chi connectivity index (χ1v) is 4.79. The molecule has 0 aliphatic carbocycles. The van der Waals surface area contributed by atoms with Gasteiger partial charge in [-0.2, -0.15) is 0 Å². The van der Waals surface area contributed by atoms with Crippen molar-refractivity contribution in [2.75, 3.05) is 4.72 Å². The van der Waals surface area contributed by atoms with E-state index in [4.69, 9.17) is 0 Å². The number of halogens is 1. The number of anilines is 1. The molecule has 1 N–H and O–H groups in total. The predicted octanol–water partition coefficient (Wildman–Crippen LogP) is -1.99. The fourth-order valence-electron chi connectivity index (χ4n) is 0.876. The van der Waals surface area contributed by atoms with E-state index in [0.717, 1.165) is 12.1 Å². The summed E-state index contributed by atoms with van der Waals surface area (Å²) in [4.78, 5) is 0. The van der Waals surface area contributed by atoms with Crippen molar-refractivity contribution >= 4 is 16.0 Å². The Hall–Kier alpha value is -0.140. The Morgan fingerprint density at radius 1 is 1.43 bits per heavy atom. The van der Waals surface area contributed by atoms with Gasteiger partial charge in [0.25, 0.3) is 0 Å². The molecule has 72 valence electrons. The van der Waals surface area contributed by atoms with Crippen LogP contribution >= 0.6 is 0 Å². The Labute approximate surface area is 104 Å². The van der Waals surface area contributed by atoms with Crippen LogP contribution in [0, 0.1) is 12.7 Å². The third-order valence-electron chi connectivity index (χ3n) is 1.42. The van der Waals surface area contributed by atoms with E-state index in [1.165, 1.54) is 13.0 Å². The average molecular weight is 227 g/mol. The summed E-state index contributed by atoms with van der Waals surface area (Å²) in [6.45, 7) is 1.50. The van der Waals surface area contributed by atoms with Crippen LogP contribution in [-0.4, -0.2) is 13.0 Å². The van der Waals surface area contributed by atoms with Crippen LogP contribution in [0.25, 0.3) is 0 Å². The van der Waals surface area contributed by atoms with Gasteiger partial charge in [-0.1, -0.05) is 0 Å². The van der Waals surface area contributed by atoms with Crippen molar-refractivity contribution in [3.63, 3.8) is 0 Å². The average Bonchev–Trinajstić information content (AvgIpc) is 1.93. The maximum Gasteiger partial charge on any atom is 1.00 e. The maximum atomic E-state index is 12.5. The summed E-state index contributed by atoms with van der Waals surface area (Å²) >= 11 is 0. The van der Waals surface area contributed by atoms with Gasteiger partial charge in [-0.3, -0.25) is 4.72 Å². The van der Waals surface area contributed by atoms with Crippen LogP contribution in [0.1, 0.15) is 5.56 Å². The van der Waals surface area contributed by atoms with E-state index < -0.39 is 16.1 Å². The zero-order valence-electron chi connectivity index (χ0n) is 7.74. The molecule has 0 unspecified atom stereocenters. The molecule has 0 saturated carbocycles. The fourth-order valence-corrected chi connectivity index (χ4v) is 1.37. The molecule has 0 saturated heterocycles. The van der Waals surface area contributed by atoms with Gasteiger partial charge in [-0.15, -0.1) is 0 Å². The summed E-state index contributed by atoms with van der Waals surface area (Å²) in [6.07, 6.45) is 0. The smallest absolute Gasteiger partial charge is 0.731 e. The Bertz CT molecular complexity index is 421. The van der Waals surface area contributed by atoms with Crippen molar-refractivity contribution in [3.05, 3.63) is 29.6 Å². The first-order chi connectivity index (χ1) is 5.88. The van der Waals surface area contributed by atoms with Crippen molar-refractivity contribution in [2.45, 2.75) is 6.92 Å². The monoisotopic (exact) mass is 227 g/mol. The first-order valence-electron chi connectivity index (χ1n) is 3.38. The normalized spacial score (nSPS) is 10.5. The van der Waals surface area contributed by atoms with Crippen LogP contribution in [0.15, 0.2) is 18.2 Å². The van der Waals surface area contributed by atoms with Gasteiger partial charge in [0.1, 0.15) is 5.82 Å². The molecular formula is C7H7FNNaO3S. The van der Waals surface area contributed by atoms with E-state index in [-0.39, 0.29) is 35.2 Å². The summed E-state index contributed by atoms with van der Waals surface area (Å²) in [5.41, 5.74) is 0.454. The molecule has 7 heteroatoms. The molecule has 4 nitrogen and oxygen atoms in total. The molecule has 1 aromatic carbocycles. The molecule has 1 rings (SSSR count). The molecule has 0 aliphatic heterocycles. The summed E-state index contributed by atoms with van der Waals surface area (Å²) in [5.74, 6) is -0.480. The third-order valence-corrected chi connectivity index (χ3v) is 1.89. The van der Waals surface area contributed by atoms with E-state index >= 15 is 0 Å². The molecule has 0 aromatic heterocycles. The maximum absolute atomic E-state index is 12.5. The van der Waals surface area contributed by atoms with E-state index in [1.807, 2.05) is 0 Å². The molecule has 1 aromatic rings. The van der Waals surface area contributed by atoms with Crippen LogP contribution in [0.2, 0.25) is 0 Å². The van der Waals surface area contributed by atoms with Gasteiger partial charge in [-0.05, 0) is 30.7 Å². The van der Waals surface area contributed by atoms with Gasteiger partial charge in [0.15, 0.2) is 10.3 Å². The Morgan fingerprint density at radius 3 is 2.43 bits per heavy atom. The van der Waals surface area contributed by atoms with Gasteiger partial charge in [0.2, 0.25) is 0 Å². The van der Waals surface area contributed by atoms with Crippen LogP contribution in [0.4, 0.5) is 10.1 Å². The predicted molar refractivity (Wildman–Crippen MR) is 44.5 cm³/mol. The molecule has 0 spiro atoms. The second-order valence-corrected chi connectivity index (χ2v) is 3.63. The standard InChI is InChI=1S/C7H8FNO3S.Na/c1-5-4-6(8)2-3-7(5)9-13(10,11)12;/h2-4,9H,1H3,(H,10,11,12);/q;+1/p-1. The Morgan fingerprint density at radius 2 is 2.00 bits per heavy atom. The SMILES string of the molecule is Cc1cc(F)ccc1NS(=O)(=O)[O-].[Na+].